The number of amides is 2. The second-order valence-corrected chi connectivity index (χ2v) is 8.38. The number of rotatable bonds is 6. The lowest BCUT2D eigenvalue weighted by molar-refractivity contribution is -0.139. The summed E-state index contributed by atoms with van der Waals surface area (Å²) in [6, 6.07) is 8.34. The van der Waals surface area contributed by atoms with Gasteiger partial charge in [0.2, 0.25) is 0 Å². The normalized spacial score (nSPS) is 16.6. The smallest absolute Gasteiger partial charge is 0.338 e. The van der Waals surface area contributed by atoms with Crippen LogP contribution >= 0.6 is 0 Å². The third-order valence-electron chi connectivity index (χ3n) is 4.36. The van der Waals surface area contributed by atoms with Crippen molar-refractivity contribution < 1.29 is 31.5 Å². The summed E-state index contributed by atoms with van der Waals surface area (Å²) in [7, 11) is -3.93. The summed E-state index contributed by atoms with van der Waals surface area (Å²) in [5.41, 5.74) is -0.348. The Morgan fingerprint density at radius 1 is 1.10 bits per heavy atom. The zero-order valence-electron chi connectivity index (χ0n) is 15.8. The molecule has 2 aromatic carbocycles. The van der Waals surface area contributed by atoms with E-state index in [2.05, 4.69) is 10.6 Å². The van der Waals surface area contributed by atoms with Crippen molar-refractivity contribution in [3.05, 3.63) is 77.0 Å². The number of hydrogen-bond donors (Lipinski definition) is 2. The van der Waals surface area contributed by atoms with Gasteiger partial charge in [-0.2, -0.15) is 0 Å². The number of sulfone groups is 1. The van der Waals surface area contributed by atoms with Gasteiger partial charge in [0.05, 0.1) is 28.9 Å². The van der Waals surface area contributed by atoms with Crippen LogP contribution in [0.25, 0.3) is 0 Å². The maximum Gasteiger partial charge on any atom is 0.338 e. The molecule has 1 aliphatic heterocycles. The molecular formula is C20H18F2N2O5S. The highest BCUT2D eigenvalue weighted by molar-refractivity contribution is 7.91. The Morgan fingerprint density at radius 3 is 2.43 bits per heavy atom. The lowest BCUT2D eigenvalue weighted by Gasteiger charge is -2.29. The van der Waals surface area contributed by atoms with Gasteiger partial charge in [0.1, 0.15) is 0 Å². The second-order valence-electron chi connectivity index (χ2n) is 6.39. The molecule has 30 heavy (non-hydrogen) atoms. The minimum Gasteiger partial charge on any atom is -0.463 e. The Hall–Kier alpha value is -3.27. The Labute approximate surface area is 171 Å². The van der Waals surface area contributed by atoms with Gasteiger partial charge in [-0.15, -0.1) is 0 Å². The van der Waals surface area contributed by atoms with E-state index >= 15 is 0 Å². The first-order valence-electron chi connectivity index (χ1n) is 8.93. The Morgan fingerprint density at radius 2 is 1.80 bits per heavy atom. The van der Waals surface area contributed by atoms with Crippen LogP contribution in [0, 0.1) is 11.6 Å². The number of urea groups is 1. The van der Waals surface area contributed by atoms with Crippen LogP contribution < -0.4 is 10.6 Å². The molecule has 10 heteroatoms. The molecule has 158 valence electrons. The largest absolute Gasteiger partial charge is 0.463 e. The van der Waals surface area contributed by atoms with E-state index in [0.717, 1.165) is 12.1 Å². The highest BCUT2D eigenvalue weighted by Gasteiger charge is 2.36. The van der Waals surface area contributed by atoms with Crippen molar-refractivity contribution in [1.29, 1.82) is 0 Å². The molecule has 0 aliphatic carbocycles. The molecule has 0 fully saturated rings. The van der Waals surface area contributed by atoms with Crippen molar-refractivity contribution in [2.45, 2.75) is 17.9 Å². The van der Waals surface area contributed by atoms with Gasteiger partial charge in [-0.25, -0.2) is 26.8 Å². The van der Waals surface area contributed by atoms with Crippen LogP contribution in [0.5, 0.6) is 0 Å². The van der Waals surface area contributed by atoms with Crippen LogP contribution in [0.15, 0.2) is 64.7 Å². The summed E-state index contributed by atoms with van der Waals surface area (Å²) in [5, 5.41) is 4.77. The van der Waals surface area contributed by atoms with E-state index in [1.807, 2.05) is 0 Å². The topological polar surface area (TPSA) is 102 Å². The van der Waals surface area contributed by atoms with E-state index in [0.29, 0.717) is 0 Å². The minimum atomic E-state index is -3.93. The molecule has 2 amide bonds. The molecule has 0 aromatic heterocycles. The quantitative estimate of drug-likeness (QED) is 0.678. The highest BCUT2D eigenvalue weighted by atomic mass is 32.2. The van der Waals surface area contributed by atoms with E-state index in [9.17, 15) is 26.8 Å². The molecule has 1 aliphatic rings. The fourth-order valence-corrected chi connectivity index (χ4v) is 4.37. The summed E-state index contributed by atoms with van der Waals surface area (Å²) >= 11 is 0. The van der Waals surface area contributed by atoms with Gasteiger partial charge >= 0.3 is 12.0 Å². The number of carbonyl (C=O) groups excluding carboxylic acids is 2. The number of ether oxygens (including phenoxy) is 1. The Bertz CT molecular complexity index is 1120. The third kappa shape index (κ3) is 4.48. The van der Waals surface area contributed by atoms with Crippen molar-refractivity contribution in [2.24, 2.45) is 0 Å². The summed E-state index contributed by atoms with van der Waals surface area (Å²) in [5.74, 6) is -3.87. The predicted molar refractivity (Wildman–Crippen MR) is 103 cm³/mol. The molecule has 7 nitrogen and oxygen atoms in total. The first-order valence-corrected chi connectivity index (χ1v) is 10.6. The molecule has 0 saturated heterocycles. The van der Waals surface area contributed by atoms with Gasteiger partial charge < -0.3 is 15.4 Å². The molecule has 0 bridgehead atoms. The summed E-state index contributed by atoms with van der Waals surface area (Å²) < 4.78 is 57.8. The van der Waals surface area contributed by atoms with Crippen LogP contribution in [0.1, 0.15) is 18.5 Å². The van der Waals surface area contributed by atoms with Gasteiger partial charge in [0.15, 0.2) is 21.5 Å². The number of hydrogen-bond acceptors (Lipinski definition) is 5. The van der Waals surface area contributed by atoms with E-state index in [4.69, 9.17) is 4.74 Å². The lowest BCUT2D eigenvalue weighted by Crippen LogP contribution is -2.47. The highest BCUT2D eigenvalue weighted by Crippen LogP contribution is 2.30. The standard InChI is InChI=1S/C20H18F2N2O5S/c1-2-29-19(25)17-16(11-30(27,28)13-6-4-3-5-7-13)23-20(26)24-18(17)12-8-9-14(21)15(22)10-12/h3-10,18H,2,11H2,1H3,(H2,23,24,26)/t18-/m0/s1. The zero-order chi connectivity index (χ0) is 21.9. The molecule has 2 aromatic rings. The van der Waals surface area contributed by atoms with Gasteiger partial charge in [-0.3, -0.25) is 0 Å². The lowest BCUT2D eigenvalue weighted by atomic mass is 9.95. The van der Waals surface area contributed by atoms with Crippen molar-refractivity contribution in [1.82, 2.24) is 10.6 Å². The molecule has 3 rings (SSSR count). The molecule has 0 radical (unpaired) electrons. The average Bonchev–Trinajstić information content (AvgIpc) is 2.70. The Kier molecular flexibility index (Phi) is 6.16. The van der Waals surface area contributed by atoms with Gasteiger partial charge in [0, 0.05) is 5.70 Å². The van der Waals surface area contributed by atoms with Crippen LogP contribution in [-0.2, 0) is 19.4 Å². The van der Waals surface area contributed by atoms with Crippen molar-refractivity contribution in [2.75, 3.05) is 12.4 Å². The fraction of sp³-hybridized carbons (Fsp3) is 0.200. The SMILES string of the molecule is CCOC(=O)C1=C(CS(=O)(=O)c2ccccc2)NC(=O)N[C@H]1c1ccc(F)c(F)c1. The molecular weight excluding hydrogens is 418 g/mol. The number of halogens is 2. The summed E-state index contributed by atoms with van der Waals surface area (Å²) in [6.45, 7) is 1.54. The van der Waals surface area contributed by atoms with E-state index in [1.165, 1.54) is 18.2 Å². The van der Waals surface area contributed by atoms with Gasteiger partial charge in [-0.1, -0.05) is 24.3 Å². The molecule has 1 atom stereocenters. The van der Waals surface area contributed by atoms with E-state index in [1.54, 1.807) is 25.1 Å². The maximum absolute atomic E-state index is 13.8. The third-order valence-corrected chi connectivity index (χ3v) is 6.02. The number of nitrogens with one attached hydrogen (secondary N) is 2. The van der Waals surface area contributed by atoms with Crippen molar-refractivity contribution in [3.63, 3.8) is 0 Å². The van der Waals surface area contributed by atoms with E-state index < -0.39 is 45.3 Å². The van der Waals surface area contributed by atoms with Gasteiger partial charge in [0.25, 0.3) is 0 Å². The first kappa shape index (κ1) is 21.4. The number of carbonyl (C=O) groups is 2. The maximum atomic E-state index is 13.8. The summed E-state index contributed by atoms with van der Waals surface area (Å²) in [4.78, 5) is 24.8. The molecule has 0 unspecified atom stereocenters. The monoisotopic (exact) mass is 436 g/mol. The minimum absolute atomic E-state index is 0.00197. The number of esters is 1. The zero-order valence-corrected chi connectivity index (χ0v) is 16.6. The number of benzene rings is 2. The predicted octanol–water partition coefficient (Wildman–Crippen LogP) is 2.61. The molecule has 0 spiro atoms. The average molecular weight is 436 g/mol. The second kappa shape index (κ2) is 8.62. The Balaban J connectivity index is 2.12. The van der Waals surface area contributed by atoms with Crippen LogP contribution in [0.3, 0.4) is 0 Å². The van der Waals surface area contributed by atoms with Crippen LogP contribution in [-0.4, -0.2) is 32.8 Å². The van der Waals surface area contributed by atoms with Crippen LogP contribution in [0.2, 0.25) is 0 Å². The molecule has 1 heterocycles. The van der Waals surface area contributed by atoms with Gasteiger partial charge in [-0.05, 0) is 36.8 Å². The van der Waals surface area contributed by atoms with E-state index in [-0.39, 0.29) is 28.3 Å². The van der Waals surface area contributed by atoms with Crippen molar-refractivity contribution in [3.8, 4) is 0 Å². The first-order chi connectivity index (χ1) is 14.2. The van der Waals surface area contributed by atoms with Crippen molar-refractivity contribution >= 4 is 21.8 Å². The molecule has 0 saturated carbocycles. The fourth-order valence-electron chi connectivity index (χ4n) is 3.02. The molecule has 2 N–H and O–H groups in total. The summed E-state index contributed by atoms with van der Waals surface area (Å²) in [6.07, 6.45) is 0. The van der Waals surface area contributed by atoms with Crippen LogP contribution in [0.4, 0.5) is 13.6 Å².